The molecule has 2 N–H and O–H groups in total. The third kappa shape index (κ3) is 7.25. The number of piperazine rings is 1. The van der Waals surface area contributed by atoms with Crippen molar-refractivity contribution in [1.29, 1.82) is 0 Å². The molecule has 1 saturated heterocycles. The van der Waals surface area contributed by atoms with Crippen molar-refractivity contribution in [2.45, 2.75) is 52.7 Å². The second-order valence-corrected chi connectivity index (χ2v) is 7.27. The van der Waals surface area contributed by atoms with E-state index in [0.717, 1.165) is 39.1 Å². The van der Waals surface area contributed by atoms with Gasteiger partial charge in [-0.05, 0) is 33.1 Å². The van der Waals surface area contributed by atoms with Gasteiger partial charge in [0, 0.05) is 39.3 Å². The maximum absolute atomic E-state index is 12.1. The topological polar surface area (TPSA) is 55.8 Å². The van der Waals surface area contributed by atoms with E-state index in [1.807, 2.05) is 20.8 Å². The van der Waals surface area contributed by atoms with Crippen molar-refractivity contribution in [3.63, 3.8) is 0 Å². The third-order valence-corrected chi connectivity index (χ3v) is 3.97. The normalized spacial score (nSPS) is 19.8. The number of aliphatic hydroxyl groups is 1. The van der Waals surface area contributed by atoms with Crippen molar-refractivity contribution >= 4 is 5.91 Å². The second-order valence-electron chi connectivity index (χ2n) is 7.27. The van der Waals surface area contributed by atoms with Crippen LogP contribution in [0.4, 0.5) is 0 Å². The van der Waals surface area contributed by atoms with Crippen LogP contribution in [0.2, 0.25) is 0 Å². The lowest BCUT2D eigenvalue weighted by molar-refractivity contribution is -0.126. The average Bonchev–Trinajstić information content (AvgIpc) is 2.36. The molecule has 1 unspecified atom stereocenters. The molecule has 21 heavy (non-hydrogen) atoms. The fourth-order valence-electron chi connectivity index (χ4n) is 2.65. The Kier molecular flexibility index (Phi) is 7.10. The number of β-amino-alcohol motifs (C(OH)–C–C–N with tert-alkyl or cyclic N) is 1. The largest absolute Gasteiger partial charge is 0.389 e. The molecule has 1 aliphatic rings. The van der Waals surface area contributed by atoms with Gasteiger partial charge in [0.05, 0.1) is 11.6 Å². The zero-order chi connectivity index (χ0) is 16.0. The number of carbonyl (C=O) groups is 1. The van der Waals surface area contributed by atoms with E-state index >= 15 is 0 Å². The van der Waals surface area contributed by atoms with Crippen molar-refractivity contribution in [2.75, 3.05) is 39.3 Å². The van der Waals surface area contributed by atoms with Crippen LogP contribution < -0.4 is 5.32 Å². The molecule has 1 fully saturated rings. The van der Waals surface area contributed by atoms with Crippen molar-refractivity contribution in [1.82, 2.24) is 15.1 Å². The van der Waals surface area contributed by atoms with Gasteiger partial charge in [0.2, 0.25) is 5.91 Å². The Hall–Kier alpha value is -0.650. The van der Waals surface area contributed by atoms with Crippen molar-refractivity contribution < 1.29 is 9.90 Å². The van der Waals surface area contributed by atoms with Crippen LogP contribution >= 0.6 is 0 Å². The summed E-state index contributed by atoms with van der Waals surface area (Å²) in [5, 5.41) is 12.9. The zero-order valence-electron chi connectivity index (χ0n) is 14.4. The van der Waals surface area contributed by atoms with E-state index in [4.69, 9.17) is 0 Å². The molecule has 0 bridgehead atoms. The Morgan fingerprint density at radius 3 is 2.24 bits per heavy atom. The summed E-state index contributed by atoms with van der Waals surface area (Å²) in [4.78, 5) is 16.6. The second kappa shape index (κ2) is 8.11. The van der Waals surface area contributed by atoms with Crippen LogP contribution in [0.25, 0.3) is 0 Å². The van der Waals surface area contributed by atoms with Crippen LogP contribution in [-0.4, -0.2) is 71.7 Å². The number of amides is 1. The predicted molar refractivity (Wildman–Crippen MR) is 86.2 cm³/mol. The van der Waals surface area contributed by atoms with Gasteiger partial charge in [-0.3, -0.25) is 14.6 Å². The van der Waals surface area contributed by atoms with Crippen LogP contribution in [0.15, 0.2) is 0 Å². The summed E-state index contributed by atoms with van der Waals surface area (Å²) in [6, 6.07) is -0.0681. The molecule has 1 heterocycles. The fraction of sp³-hybridized carbons (Fsp3) is 0.938. The average molecular weight is 299 g/mol. The van der Waals surface area contributed by atoms with Gasteiger partial charge in [-0.2, -0.15) is 0 Å². The van der Waals surface area contributed by atoms with Crippen molar-refractivity contribution in [3.8, 4) is 0 Å². The van der Waals surface area contributed by atoms with Crippen molar-refractivity contribution in [2.24, 2.45) is 5.92 Å². The number of hydrogen-bond acceptors (Lipinski definition) is 4. The van der Waals surface area contributed by atoms with E-state index in [1.54, 1.807) is 0 Å². The monoisotopic (exact) mass is 299 g/mol. The molecule has 1 aliphatic heterocycles. The van der Waals surface area contributed by atoms with E-state index in [1.165, 1.54) is 0 Å². The number of nitrogens with zero attached hydrogens (tertiary/aromatic N) is 2. The predicted octanol–water partition coefficient (Wildman–Crippen LogP) is 0.926. The number of nitrogens with one attached hydrogen (secondary N) is 1. The summed E-state index contributed by atoms with van der Waals surface area (Å²) < 4.78 is 0. The lowest BCUT2D eigenvalue weighted by atomic mass is 10.1. The molecule has 0 aromatic carbocycles. The van der Waals surface area contributed by atoms with Gasteiger partial charge < -0.3 is 10.4 Å². The summed E-state index contributed by atoms with van der Waals surface area (Å²) in [6.45, 7) is 15.0. The third-order valence-electron chi connectivity index (χ3n) is 3.97. The quantitative estimate of drug-likeness (QED) is 0.734. The minimum Gasteiger partial charge on any atom is -0.389 e. The first-order valence-electron chi connectivity index (χ1n) is 8.15. The Labute approximate surface area is 129 Å². The van der Waals surface area contributed by atoms with Gasteiger partial charge >= 0.3 is 0 Å². The van der Waals surface area contributed by atoms with Crippen LogP contribution in [-0.2, 0) is 4.79 Å². The highest BCUT2D eigenvalue weighted by molar-refractivity contribution is 5.81. The SMILES string of the molecule is CC(C)CCNC(=O)C(C)N1CCN(CC(C)(C)O)CC1. The molecule has 1 amide bonds. The smallest absolute Gasteiger partial charge is 0.237 e. The first-order chi connectivity index (χ1) is 9.69. The first-order valence-corrected chi connectivity index (χ1v) is 8.15. The van der Waals surface area contributed by atoms with Crippen molar-refractivity contribution in [3.05, 3.63) is 0 Å². The molecule has 0 spiro atoms. The minimum absolute atomic E-state index is 0.0681. The Morgan fingerprint density at radius 2 is 1.76 bits per heavy atom. The molecular formula is C16H33N3O2. The molecule has 5 heteroatoms. The highest BCUT2D eigenvalue weighted by Gasteiger charge is 2.27. The summed E-state index contributed by atoms with van der Waals surface area (Å²) in [6.07, 6.45) is 1.03. The Morgan fingerprint density at radius 1 is 1.19 bits per heavy atom. The van der Waals surface area contributed by atoms with E-state index in [9.17, 15) is 9.90 Å². The molecule has 0 saturated carbocycles. The molecule has 0 radical (unpaired) electrons. The highest BCUT2D eigenvalue weighted by Crippen LogP contribution is 2.11. The van der Waals surface area contributed by atoms with Gasteiger partial charge in [0.25, 0.3) is 0 Å². The summed E-state index contributed by atoms with van der Waals surface area (Å²) in [5.41, 5.74) is -0.651. The molecule has 0 aromatic rings. The van der Waals surface area contributed by atoms with E-state index in [-0.39, 0.29) is 11.9 Å². The lowest BCUT2D eigenvalue weighted by Gasteiger charge is -2.39. The van der Waals surface area contributed by atoms with Crippen LogP contribution in [0.5, 0.6) is 0 Å². The summed E-state index contributed by atoms with van der Waals surface area (Å²) in [5.74, 6) is 0.748. The molecular weight excluding hydrogens is 266 g/mol. The van der Waals surface area contributed by atoms with E-state index < -0.39 is 5.60 Å². The molecule has 5 nitrogen and oxygen atoms in total. The van der Waals surface area contributed by atoms with Crippen LogP contribution in [0.1, 0.15) is 41.0 Å². The van der Waals surface area contributed by atoms with Gasteiger partial charge in [-0.25, -0.2) is 0 Å². The zero-order valence-corrected chi connectivity index (χ0v) is 14.4. The van der Waals surface area contributed by atoms with E-state index in [0.29, 0.717) is 12.5 Å². The van der Waals surface area contributed by atoms with Gasteiger partial charge in [-0.15, -0.1) is 0 Å². The molecule has 0 aromatic heterocycles. The lowest BCUT2D eigenvalue weighted by Crippen LogP contribution is -2.55. The highest BCUT2D eigenvalue weighted by atomic mass is 16.3. The Bertz CT molecular complexity index is 318. The van der Waals surface area contributed by atoms with Gasteiger partial charge in [0.15, 0.2) is 0 Å². The summed E-state index contributed by atoms with van der Waals surface area (Å²) >= 11 is 0. The fourth-order valence-corrected chi connectivity index (χ4v) is 2.65. The molecule has 1 atom stereocenters. The number of rotatable bonds is 7. The van der Waals surface area contributed by atoms with E-state index in [2.05, 4.69) is 29.0 Å². The maximum Gasteiger partial charge on any atom is 0.237 e. The number of carbonyl (C=O) groups excluding carboxylic acids is 1. The van der Waals surface area contributed by atoms with Gasteiger partial charge in [0.1, 0.15) is 0 Å². The standard InChI is InChI=1S/C16H33N3O2/c1-13(2)6-7-17-15(20)14(3)19-10-8-18(9-11-19)12-16(4,5)21/h13-14,21H,6-12H2,1-5H3,(H,17,20). The number of hydrogen-bond donors (Lipinski definition) is 2. The summed E-state index contributed by atoms with van der Waals surface area (Å²) in [7, 11) is 0. The van der Waals surface area contributed by atoms with Crippen LogP contribution in [0, 0.1) is 5.92 Å². The molecule has 0 aliphatic carbocycles. The van der Waals surface area contributed by atoms with Crippen LogP contribution in [0.3, 0.4) is 0 Å². The minimum atomic E-state index is -0.651. The maximum atomic E-state index is 12.1. The molecule has 1 rings (SSSR count). The Balaban J connectivity index is 2.31. The molecule has 124 valence electrons. The van der Waals surface area contributed by atoms with Gasteiger partial charge in [-0.1, -0.05) is 13.8 Å². The first kappa shape index (κ1) is 18.4.